The molecule has 5 nitrogen and oxygen atoms in total. The van der Waals surface area contributed by atoms with Crippen molar-refractivity contribution in [2.24, 2.45) is 11.8 Å². The summed E-state index contributed by atoms with van der Waals surface area (Å²) < 4.78 is 5.08. The first-order valence-electron chi connectivity index (χ1n) is 6.24. The molecule has 0 spiro atoms. The van der Waals surface area contributed by atoms with Gasteiger partial charge in [0.1, 0.15) is 0 Å². The van der Waals surface area contributed by atoms with Crippen LogP contribution in [0.5, 0.6) is 0 Å². The third kappa shape index (κ3) is 3.61. The summed E-state index contributed by atoms with van der Waals surface area (Å²) in [7, 11) is 0. The normalized spacial score (nSPS) is 23.8. The molecule has 0 radical (unpaired) electrons. The summed E-state index contributed by atoms with van der Waals surface area (Å²) in [5.41, 5.74) is 0. The monoisotopic (exact) mass is 243 g/mol. The van der Waals surface area contributed by atoms with Gasteiger partial charge in [-0.1, -0.05) is 26.7 Å². The number of carbonyl (C=O) groups is 2. The van der Waals surface area contributed by atoms with Crippen molar-refractivity contribution in [3.8, 4) is 0 Å². The third-order valence-corrected chi connectivity index (χ3v) is 3.26. The Kier molecular flexibility index (Phi) is 5.25. The average Bonchev–Trinajstić information content (AvgIpc) is 2.73. The van der Waals surface area contributed by atoms with Gasteiger partial charge >= 0.3 is 12.1 Å². The van der Waals surface area contributed by atoms with Crippen molar-refractivity contribution < 1.29 is 19.4 Å². The van der Waals surface area contributed by atoms with E-state index in [1.54, 1.807) is 0 Å². The highest BCUT2D eigenvalue weighted by molar-refractivity contribution is 5.74. The van der Waals surface area contributed by atoms with E-state index in [-0.39, 0.29) is 18.6 Å². The predicted molar refractivity (Wildman–Crippen MR) is 62.7 cm³/mol. The van der Waals surface area contributed by atoms with Crippen LogP contribution in [0.15, 0.2) is 0 Å². The minimum atomic E-state index is -0.819. The van der Waals surface area contributed by atoms with Crippen molar-refractivity contribution in [3.63, 3.8) is 0 Å². The fraction of sp³-hybridized carbons (Fsp3) is 0.833. The molecule has 2 atom stereocenters. The second-order valence-corrected chi connectivity index (χ2v) is 4.49. The molecular formula is C12H21NO4. The van der Waals surface area contributed by atoms with Gasteiger partial charge in [0.2, 0.25) is 0 Å². The van der Waals surface area contributed by atoms with Crippen molar-refractivity contribution in [2.75, 3.05) is 19.7 Å². The number of ether oxygens (including phenoxy) is 1. The topological polar surface area (TPSA) is 66.8 Å². The van der Waals surface area contributed by atoms with Crippen molar-refractivity contribution >= 4 is 12.1 Å². The van der Waals surface area contributed by atoms with Crippen LogP contribution in [-0.2, 0) is 9.53 Å². The van der Waals surface area contributed by atoms with E-state index in [9.17, 15) is 9.59 Å². The Balaban J connectivity index is 2.46. The van der Waals surface area contributed by atoms with Gasteiger partial charge in [-0.3, -0.25) is 4.79 Å². The fourth-order valence-corrected chi connectivity index (χ4v) is 2.11. The second kappa shape index (κ2) is 6.47. The van der Waals surface area contributed by atoms with E-state index in [4.69, 9.17) is 9.84 Å². The Bertz CT molecular complexity index is 280. The SMILES string of the molecule is CCCCOC(=O)N1CC(CC)C(C(=O)O)C1. The molecule has 0 bridgehead atoms. The van der Waals surface area contributed by atoms with Gasteiger partial charge in [0.25, 0.3) is 0 Å². The smallest absolute Gasteiger partial charge is 0.409 e. The zero-order chi connectivity index (χ0) is 12.8. The number of nitrogens with zero attached hydrogens (tertiary/aromatic N) is 1. The molecule has 0 aromatic heterocycles. The molecule has 1 rings (SSSR count). The van der Waals surface area contributed by atoms with Crippen LogP contribution in [0, 0.1) is 11.8 Å². The number of unbranched alkanes of at least 4 members (excludes halogenated alkanes) is 1. The average molecular weight is 243 g/mol. The Morgan fingerprint density at radius 3 is 2.53 bits per heavy atom. The maximum absolute atomic E-state index is 11.7. The molecule has 1 aliphatic rings. The molecule has 1 amide bonds. The van der Waals surface area contributed by atoms with Gasteiger partial charge in [-0.25, -0.2) is 4.79 Å². The molecule has 1 N–H and O–H groups in total. The van der Waals surface area contributed by atoms with E-state index in [1.807, 2.05) is 13.8 Å². The maximum atomic E-state index is 11.7. The largest absolute Gasteiger partial charge is 0.481 e. The first-order chi connectivity index (χ1) is 8.10. The number of carbonyl (C=O) groups excluding carboxylic acids is 1. The summed E-state index contributed by atoms with van der Waals surface area (Å²) in [6.07, 6.45) is 2.22. The van der Waals surface area contributed by atoms with Gasteiger partial charge in [-0.05, 0) is 12.3 Å². The van der Waals surface area contributed by atoms with E-state index in [1.165, 1.54) is 4.90 Å². The molecule has 0 aliphatic carbocycles. The lowest BCUT2D eigenvalue weighted by Gasteiger charge is -2.15. The molecule has 17 heavy (non-hydrogen) atoms. The number of rotatable bonds is 5. The lowest BCUT2D eigenvalue weighted by Crippen LogP contribution is -2.30. The highest BCUT2D eigenvalue weighted by Gasteiger charge is 2.39. The predicted octanol–water partition coefficient (Wildman–Crippen LogP) is 1.97. The number of hydrogen-bond acceptors (Lipinski definition) is 3. The molecular weight excluding hydrogens is 222 g/mol. The summed E-state index contributed by atoms with van der Waals surface area (Å²) in [6, 6.07) is 0. The van der Waals surface area contributed by atoms with E-state index in [0.717, 1.165) is 19.3 Å². The summed E-state index contributed by atoms with van der Waals surface area (Å²) in [5.74, 6) is -1.22. The number of hydrogen-bond donors (Lipinski definition) is 1. The van der Waals surface area contributed by atoms with Gasteiger partial charge in [0.15, 0.2) is 0 Å². The lowest BCUT2D eigenvalue weighted by molar-refractivity contribution is -0.142. The van der Waals surface area contributed by atoms with Gasteiger partial charge in [-0.15, -0.1) is 0 Å². The minimum absolute atomic E-state index is 0.0474. The molecule has 5 heteroatoms. The van der Waals surface area contributed by atoms with Crippen molar-refractivity contribution in [1.29, 1.82) is 0 Å². The lowest BCUT2D eigenvalue weighted by atomic mass is 9.94. The molecule has 0 saturated carbocycles. The molecule has 0 aromatic carbocycles. The van der Waals surface area contributed by atoms with Crippen LogP contribution in [0.25, 0.3) is 0 Å². The van der Waals surface area contributed by atoms with Crippen LogP contribution in [-0.4, -0.2) is 41.8 Å². The standard InChI is InChI=1S/C12H21NO4/c1-3-5-6-17-12(16)13-7-9(4-2)10(8-13)11(14)15/h9-10H,3-8H2,1-2H3,(H,14,15). The number of likely N-dealkylation sites (tertiary alicyclic amines) is 1. The maximum Gasteiger partial charge on any atom is 0.409 e. The zero-order valence-electron chi connectivity index (χ0n) is 10.5. The summed E-state index contributed by atoms with van der Waals surface area (Å²) in [6.45, 7) is 5.17. The summed E-state index contributed by atoms with van der Waals surface area (Å²) >= 11 is 0. The van der Waals surface area contributed by atoms with E-state index in [0.29, 0.717) is 13.2 Å². The second-order valence-electron chi connectivity index (χ2n) is 4.49. The van der Waals surface area contributed by atoms with Crippen LogP contribution in [0.1, 0.15) is 33.1 Å². The molecule has 1 fully saturated rings. The molecule has 98 valence electrons. The number of carboxylic acid groups (broad SMARTS) is 1. The molecule has 2 unspecified atom stereocenters. The summed E-state index contributed by atoms with van der Waals surface area (Å²) in [5, 5.41) is 9.05. The van der Waals surface area contributed by atoms with E-state index >= 15 is 0 Å². The highest BCUT2D eigenvalue weighted by atomic mass is 16.6. The van der Waals surface area contributed by atoms with Gasteiger partial charge in [0.05, 0.1) is 12.5 Å². The number of carboxylic acids is 1. The van der Waals surface area contributed by atoms with Gasteiger partial charge < -0.3 is 14.7 Å². The van der Waals surface area contributed by atoms with Crippen LogP contribution < -0.4 is 0 Å². The van der Waals surface area contributed by atoms with Crippen molar-refractivity contribution in [3.05, 3.63) is 0 Å². The zero-order valence-corrected chi connectivity index (χ0v) is 10.5. The Morgan fingerprint density at radius 2 is 2.06 bits per heavy atom. The van der Waals surface area contributed by atoms with Crippen molar-refractivity contribution in [1.82, 2.24) is 4.90 Å². The summed E-state index contributed by atoms with van der Waals surface area (Å²) in [4.78, 5) is 24.2. The molecule has 1 heterocycles. The quantitative estimate of drug-likeness (QED) is 0.750. The Hall–Kier alpha value is -1.26. The van der Waals surface area contributed by atoms with Crippen molar-refractivity contribution in [2.45, 2.75) is 33.1 Å². The molecule has 1 saturated heterocycles. The third-order valence-electron chi connectivity index (χ3n) is 3.26. The molecule has 1 aliphatic heterocycles. The Labute approximate surface area is 102 Å². The Morgan fingerprint density at radius 1 is 1.35 bits per heavy atom. The minimum Gasteiger partial charge on any atom is -0.481 e. The van der Waals surface area contributed by atoms with Gasteiger partial charge in [-0.2, -0.15) is 0 Å². The van der Waals surface area contributed by atoms with E-state index in [2.05, 4.69) is 0 Å². The van der Waals surface area contributed by atoms with Crippen LogP contribution in [0.2, 0.25) is 0 Å². The number of amides is 1. The van der Waals surface area contributed by atoms with E-state index < -0.39 is 11.9 Å². The fourth-order valence-electron chi connectivity index (χ4n) is 2.11. The molecule has 0 aromatic rings. The first kappa shape index (κ1) is 13.8. The highest BCUT2D eigenvalue weighted by Crippen LogP contribution is 2.26. The van der Waals surface area contributed by atoms with Crippen LogP contribution in [0.4, 0.5) is 4.79 Å². The van der Waals surface area contributed by atoms with Crippen LogP contribution in [0.3, 0.4) is 0 Å². The van der Waals surface area contributed by atoms with Crippen LogP contribution >= 0.6 is 0 Å². The van der Waals surface area contributed by atoms with Gasteiger partial charge in [0, 0.05) is 13.1 Å². The number of aliphatic carboxylic acids is 1. The first-order valence-corrected chi connectivity index (χ1v) is 6.24.